The number of nitrogen functional groups attached to an aromatic ring is 1. The maximum atomic E-state index is 13.3. The first-order valence-electron chi connectivity index (χ1n) is 9.29. The van der Waals surface area contributed by atoms with Gasteiger partial charge in [0.2, 0.25) is 0 Å². The molecule has 0 radical (unpaired) electrons. The van der Waals surface area contributed by atoms with E-state index in [0.29, 0.717) is 37.7 Å². The van der Waals surface area contributed by atoms with Crippen molar-refractivity contribution in [3.05, 3.63) is 59.8 Å². The van der Waals surface area contributed by atoms with Crippen LogP contribution in [0.2, 0.25) is 0 Å². The molecule has 3 heterocycles. The second kappa shape index (κ2) is 7.00. The third kappa shape index (κ3) is 2.87. The number of morpholine rings is 1. The third-order valence-electron chi connectivity index (χ3n) is 5.11. The topological polar surface area (TPSA) is 73.4 Å². The maximum absolute atomic E-state index is 13.3. The summed E-state index contributed by atoms with van der Waals surface area (Å²) in [7, 11) is 0. The van der Waals surface area contributed by atoms with Gasteiger partial charge in [0.1, 0.15) is 0 Å². The molecule has 1 saturated heterocycles. The number of hydrogen-bond acceptors (Lipinski definition) is 5. The Labute approximate surface area is 167 Å². The number of nitrogens with zero attached hydrogens (tertiary/aromatic N) is 3. The number of rotatable bonds is 2. The lowest BCUT2D eigenvalue weighted by Crippen LogP contribution is -2.41. The number of carbonyl (C=O) groups is 1. The standard InChI is InChI=1S/C21H20N4O2S/c22-14-4-3-5-15(12-14)25-20-16-6-1-2-7-18(16)28-13-17(20)19(23-25)21(26)24-8-10-27-11-9-24/h1-7,12H,8-11,13,22H2. The average molecular weight is 392 g/mol. The molecule has 0 aliphatic carbocycles. The van der Waals surface area contributed by atoms with E-state index >= 15 is 0 Å². The molecule has 142 valence electrons. The van der Waals surface area contributed by atoms with E-state index in [1.165, 1.54) is 4.90 Å². The molecule has 1 fully saturated rings. The minimum Gasteiger partial charge on any atom is -0.399 e. The Morgan fingerprint density at radius 2 is 1.93 bits per heavy atom. The van der Waals surface area contributed by atoms with Crippen molar-refractivity contribution in [1.29, 1.82) is 0 Å². The van der Waals surface area contributed by atoms with E-state index < -0.39 is 0 Å². The monoisotopic (exact) mass is 392 g/mol. The second-order valence-electron chi connectivity index (χ2n) is 6.87. The first-order valence-corrected chi connectivity index (χ1v) is 10.3. The summed E-state index contributed by atoms with van der Waals surface area (Å²) >= 11 is 1.75. The molecule has 0 spiro atoms. The number of benzene rings is 2. The van der Waals surface area contributed by atoms with Crippen LogP contribution in [0.3, 0.4) is 0 Å². The van der Waals surface area contributed by atoms with Crippen molar-refractivity contribution in [2.24, 2.45) is 0 Å². The number of ether oxygens (including phenoxy) is 1. The summed E-state index contributed by atoms with van der Waals surface area (Å²) in [5.74, 6) is 0.697. The van der Waals surface area contributed by atoms with E-state index in [0.717, 1.165) is 28.3 Å². The molecule has 1 aromatic heterocycles. The molecule has 5 rings (SSSR count). The number of hydrogen-bond donors (Lipinski definition) is 1. The molecule has 3 aromatic rings. The molecule has 2 aliphatic heterocycles. The van der Waals surface area contributed by atoms with Crippen molar-refractivity contribution in [2.45, 2.75) is 10.6 Å². The van der Waals surface area contributed by atoms with Crippen molar-refractivity contribution >= 4 is 23.4 Å². The van der Waals surface area contributed by atoms with E-state index in [1.54, 1.807) is 11.8 Å². The van der Waals surface area contributed by atoms with Gasteiger partial charge in [-0.1, -0.05) is 24.3 Å². The Morgan fingerprint density at radius 3 is 2.75 bits per heavy atom. The smallest absolute Gasteiger partial charge is 0.274 e. The fourth-order valence-corrected chi connectivity index (χ4v) is 4.80. The summed E-state index contributed by atoms with van der Waals surface area (Å²) in [6.45, 7) is 2.34. The van der Waals surface area contributed by atoms with Gasteiger partial charge in [-0.3, -0.25) is 4.79 Å². The SMILES string of the molecule is Nc1cccc(-n2nc(C(=O)N3CCOCC3)c3c2-c2ccccc2SC3)c1. The Balaban J connectivity index is 1.69. The van der Waals surface area contributed by atoms with Gasteiger partial charge >= 0.3 is 0 Å². The number of nitrogens with two attached hydrogens (primary N) is 1. The molecule has 2 aromatic carbocycles. The Kier molecular flexibility index (Phi) is 4.33. The molecule has 0 atom stereocenters. The summed E-state index contributed by atoms with van der Waals surface area (Å²) in [6.07, 6.45) is 0. The van der Waals surface area contributed by atoms with Crippen LogP contribution >= 0.6 is 11.8 Å². The number of fused-ring (bicyclic) bond motifs is 3. The summed E-state index contributed by atoms with van der Waals surface area (Å²) in [4.78, 5) is 16.3. The first kappa shape index (κ1) is 17.3. The van der Waals surface area contributed by atoms with E-state index in [1.807, 2.05) is 46.0 Å². The van der Waals surface area contributed by atoms with Gasteiger partial charge in [0.25, 0.3) is 5.91 Å². The molecular weight excluding hydrogens is 372 g/mol. The number of thioether (sulfide) groups is 1. The summed E-state index contributed by atoms with van der Waals surface area (Å²) in [6, 6.07) is 15.9. The molecule has 2 N–H and O–H groups in total. The van der Waals surface area contributed by atoms with Gasteiger partial charge in [-0.2, -0.15) is 5.10 Å². The number of anilines is 1. The van der Waals surface area contributed by atoms with Crippen LogP contribution in [0.4, 0.5) is 5.69 Å². The van der Waals surface area contributed by atoms with Gasteiger partial charge in [0.15, 0.2) is 5.69 Å². The molecular formula is C21H20N4O2S. The van der Waals surface area contributed by atoms with E-state index in [4.69, 9.17) is 15.6 Å². The van der Waals surface area contributed by atoms with Crippen molar-refractivity contribution < 1.29 is 9.53 Å². The third-order valence-corrected chi connectivity index (χ3v) is 6.21. The largest absolute Gasteiger partial charge is 0.399 e. The van der Waals surface area contributed by atoms with E-state index in [-0.39, 0.29) is 5.91 Å². The molecule has 0 bridgehead atoms. The Morgan fingerprint density at radius 1 is 1.11 bits per heavy atom. The number of carbonyl (C=O) groups excluding carboxylic acids is 1. The van der Waals surface area contributed by atoms with Crippen molar-refractivity contribution in [1.82, 2.24) is 14.7 Å². The lowest BCUT2D eigenvalue weighted by molar-refractivity contribution is 0.0298. The first-order chi connectivity index (χ1) is 13.7. The van der Waals surface area contributed by atoms with Crippen LogP contribution in [0, 0.1) is 0 Å². The quantitative estimate of drug-likeness (QED) is 0.678. The van der Waals surface area contributed by atoms with Crippen LogP contribution in [0.5, 0.6) is 0 Å². The highest BCUT2D eigenvalue weighted by molar-refractivity contribution is 7.98. The zero-order valence-corrected chi connectivity index (χ0v) is 16.1. The Bertz CT molecular complexity index is 1060. The predicted molar refractivity (Wildman–Crippen MR) is 110 cm³/mol. The van der Waals surface area contributed by atoms with Crippen LogP contribution in [0.25, 0.3) is 16.9 Å². The molecule has 28 heavy (non-hydrogen) atoms. The van der Waals surface area contributed by atoms with Gasteiger partial charge in [0, 0.05) is 40.6 Å². The normalized spacial score (nSPS) is 15.8. The highest BCUT2D eigenvalue weighted by atomic mass is 32.2. The zero-order chi connectivity index (χ0) is 19.1. The minimum absolute atomic E-state index is 0.0258. The van der Waals surface area contributed by atoms with Crippen LogP contribution in [-0.2, 0) is 10.5 Å². The van der Waals surface area contributed by atoms with E-state index in [9.17, 15) is 4.79 Å². The molecule has 6 nitrogen and oxygen atoms in total. The van der Waals surface area contributed by atoms with Crippen LogP contribution in [-0.4, -0.2) is 46.9 Å². The van der Waals surface area contributed by atoms with E-state index in [2.05, 4.69) is 12.1 Å². The number of aromatic nitrogens is 2. The number of amides is 1. The Hall–Kier alpha value is -2.77. The molecule has 7 heteroatoms. The highest BCUT2D eigenvalue weighted by Crippen LogP contribution is 2.43. The van der Waals surface area contributed by atoms with Gasteiger partial charge in [0.05, 0.1) is 24.6 Å². The lowest BCUT2D eigenvalue weighted by atomic mass is 10.0. The van der Waals surface area contributed by atoms with Crippen LogP contribution in [0.15, 0.2) is 53.4 Å². The molecule has 0 saturated carbocycles. The minimum atomic E-state index is -0.0258. The lowest BCUT2D eigenvalue weighted by Gasteiger charge is -2.26. The van der Waals surface area contributed by atoms with Crippen molar-refractivity contribution in [3.8, 4) is 16.9 Å². The molecule has 0 unspecified atom stereocenters. The average Bonchev–Trinajstić information content (AvgIpc) is 3.14. The van der Waals surface area contributed by atoms with Gasteiger partial charge in [-0.25, -0.2) is 4.68 Å². The van der Waals surface area contributed by atoms with Gasteiger partial charge < -0.3 is 15.4 Å². The molecule has 2 aliphatic rings. The van der Waals surface area contributed by atoms with Crippen molar-refractivity contribution in [2.75, 3.05) is 32.0 Å². The summed E-state index contributed by atoms with van der Waals surface area (Å²) in [5.41, 5.74) is 11.1. The highest BCUT2D eigenvalue weighted by Gasteiger charge is 2.31. The zero-order valence-electron chi connectivity index (χ0n) is 15.3. The van der Waals surface area contributed by atoms with Gasteiger partial charge in [-0.15, -0.1) is 11.8 Å². The maximum Gasteiger partial charge on any atom is 0.274 e. The summed E-state index contributed by atoms with van der Waals surface area (Å²) in [5, 5.41) is 4.79. The molecule has 1 amide bonds. The fraction of sp³-hybridized carbons (Fsp3) is 0.238. The second-order valence-corrected chi connectivity index (χ2v) is 7.89. The predicted octanol–water partition coefficient (Wildman–Crippen LogP) is 3.20. The van der Waals surface area contributed by atoms with Crippen LogP contribution < -0.4 is 5.73 Å². The fourth-order valence-electron chi connectivity index (χ4n) is 3.73. The van der Waals surface area contributed by atoms with Crippen molar-refractivity contribution in [3.63, 3.8) is 0 Å². The summed E-state index contributed by atoms with van der Waals surface area (Å²) < 4.78 is 7.27. The van der Waals surface area contributed by atoms with Gasteiger partial charge in [-0.05, 0) is 24.3 Å². The van der Waals surface area contributed by atoms with Crippen LogP contribution in [0.1, 0.15) is 16.1 Å².